The zero-order valence-corrected chi connectivity index (χ0v) is 8.58. The Morgan fingerprint density at radius 1 is 1.33 bits per heavy atom. The van der Waals surface area contributed by atoms with Crippen molar-refractivity contribution < 1.29 is 4.39 Å². The van der Waals surface area contributed by atoms with Gasteiger partial charge in [-0.2, -0.15) is 0 Å². The molecular formula is C9H21FN2. The molecule has 0 saturated carbocycles. The van der Waals surface area contributed by atoms with Gasteiger partial charge in [-0.15, -0.1) is 0 Å². The van der Waals surface area contributed by atoms with Gasteiger partial charge in [-0.3, -0.25) is 0 Å². The first-order valence-corrected chi connectivity index (χ1v) is 4.49. The van der Waals surface area contributed by atoms with E-state index in [0.717, 1.165) is 6.54 Å². The summed E-state index contributed by atoms with van der Waals surface area (Å²) in [6, 6.07) is 0. The van der Waals surface area contributed by atoms with Crippen LogP contribution in [0.3, 0.4) is 0 Å². The average Bonchev–Trinajstić information content (AvgIpc) is 1.95. The third-order valence-corrected chi connectivity index (χ3v) is 1.56. The fourth-order valence-electron chi connectivity index (χ4n) is 0.820. The largest absolute Gasteiger partial charge is 0.320 e. The molecule has 0 saturated heterocycles. The summed E-state index contributed by atoms with van der Waals surface area (Å²) >= 11 is 0. The zero-order chi connectivity index (χ0) is 9.61. The number of hydrogen-bond donors (Lipinski definition) is 2. The topological polar surface area (TPSA) is 24.1 Å². The molecule has 0 aliphatic rings. The second kappa shape index (κ2) is 5.49. The van der Waals surface area contributed by atoms with Crippen LogP contribution >= 0.6 is 0 Å². The highest BCUT2D eigenvalue weighted by Gasteiger charge is 2.12. The van der Waals surface area contributed by atoms with E-state index in [-0.39, 0.29) is 5.54 Å². The lowest BCUT2D eigenvalue weighted by molar-refractivity contribution is 0.271. The number of hydrogen-bond acceptors (Lipinski definition) is 2. The fraction of sp³-hybridized carbons (Fsp3) is 1.00. The summed E-state index contributed by atoms with van der Waals surface area (Å²) in [5.74, 6) is 0. The van der Waals surface area contributed by atoms with Crippen LogP contribution in [0.15, 0.2) is 0 Å². The van der Waals surface area contributed by atoms with Crippen molar-refractivity contribution in [3.8, 4) is 0 Å². The van der Waals surface area contributed by atoms with Crippen molar-refractivity contribution in [1.29, 1.82) is 0 Å². The van der Waals surface area contributed by atoms with Crippen molar-refractivity contribution >= 4 is 0 Å². The highest BCUT2D eigenvalue weighted by atomic mass is 19.1. The van der Waals surface area contributed by atoms with Gasteiger partial charge in [-0.1, -0.05) is 0 Å². The van der Waals surface area contributed by atoms with Crippen molar-refractivity contribution in [3.05, 3.63) is 0 Å². The second-order valence-electron chi connectivity index (χ2n) is 4.12. The minimum atomic E-state index is -0.739. The first-order chi connectivity index (χ1) is 5.45. The van der Waals surface area contributed by atoms with Gasteiger partial charge in [0.25, 0.3) is 0 Å². The van der Waals surface area contributed by atoms with Gasteiger partial charge >= 0.3 is 0 Å². The lowest BCUT2D eigenvalue weighted by atomic mass is 10.1. The highest BCUT2D eigenvalue weighted by Crippen LogP contribution is 2.01. The smallest absolute Gasteiger partial charge is 0.114 e. The van der Waals surface area contributed by atoms with Crippen LogP contribution in [0, 0.1) is 0 Å². The Hall–Kier alpha value is -0.150. The molecule has 0 unspecified atom stereocenters. The molecule has 74 valence electrons. The molecule has 0 radical (unpaired) electrons. The van der Waals surface area contributed by atoms with Crippen molar-refractivity contribution in [3.63, 3.8) is 0 Å². The van der Waals surface area contributed by atoms with Gasteiger partial charge in [0.15, 0.2) is 0 Å². The van der Waals surface area contributed by atoms with E-state index in [4.69, 9.17) is 0 Å². The molecular weight excluding hydrogens is 155 g/mol. The van der Waals surface area contributed by atoms with E-state index in [2.05, 4.69) is 10.6 Å². The lowest BCUT2D eigenvalue weighted by Crippen LogP contribution is -2.40. The van der Waals surface area contributed by atoms with Crippen LogP contribution in [0.25, 0.3) is 0 Å². The van der Waals surface area contributed by atoms with Gasteiger partial charge in [0, 0.05) is 12.1 Å². The van der Waals surface area contributed by atoms with Gasteiger partial charge in [0.1, 0.15) is 6.17 Å². The van der Waals surface area contributed by atoms with Crippen molar-refractivity contribution in [2.45, 2.75) is 38.9 Å². The molecule has 0 aromatic rings. The van der Waals surface area contributed by atoms with Gasteiger partial charge in [-0.05, 0) is 40.8 Å². The maximum Gasteiger partial charge on any atom is 0.114 e. The first-order valence-electron chi connectivity index (χ1n) is 4.49. The molecule has 0 rings (SSSR count). The van der Waals surface area contributed by atoms with E-state index in [9.17, 15) is 4.39 Å². The molecule has 0 spiro atoms. The maximum absolute atomic E-state index is 13.0. The van der Waals surface area contributed by atoms with E-state index in [1.807, 2.05) is 27.8 Å². The average molecular weight is 176 g/mol. The fourth-order valence-corrected chi connectivity index (χ4v) is 0.820. The second-order valence-corrected chi connectivity index (χ2v) is 4.12. The number of alkyl halides is 1. The Bertz CT molecular complexity index is 110. The van der Waals surface area contributed by atoms with Gasteiger partial charge in [0.05, 0.1) is 0 Å². The molecule has 2 nitrogen and oxygen atoms in total. The molecule has 0 aliphatic heterocycles. The molecule has 2 N–H and O–H groups in total. The third-order valence-electron chi connectivity index (χ3n) is 1.56. The van der Waals surface area contributed by atoms with Gasteiger partial charge in [0.2, 0.25) is 0 Å². The summed E-state index contributed by atoms with van der Waals surface area (Å²) < 4.78 is 13.0. The molecule has 0 heterocycles. The number of nitrogens with one attached hydrogen (secondary N) is 2. The lowest BCUT2D eigenvalue weighted by Gasteiger charge is -2.21. The van der Waals surface area contributed by atoms with E-state index >= 15 is 0 Å². The van der Waals surface area contributed by atoms with Crippen LogP contribution in [-0.2, 0) is 0 Å². The molecule has 0 amide bonds. The summed E-state index contributed by atoms with van der Waals surface area (Å²) in [5, 5.41) is 6.06. The van der Waals surface area contributed by atoms with Gasteiger partial charge < -0.3 is 10.6 Å². The van der Waals surface area contributed by atoms with Crippen LogP contribution in [0.5, 0.6) is 0 Å². The Labute approximate surface area is 74.9 Å². The Balaban J connectivity index is 3.37. The first kappa shape index (κ1) is 11.8. The minimum absolute atomic E-state index is 0.0178. The molecule has 0 fully saturated rings. The van der Waals surface area contributed by atoms with Crippen molar-refractivity contribution in [2.75, 3.05) is 20.1 Å². The van der Waals surface area contributed by atoms with Crippen LogP contribution < -0.4 is 10.6 Å². The SMILES string of the molecule is CNCC[C@@H](F)CNC(C)(C)C. The van der Waals surface area contributed by atoms with Crippen LogP contribution in [0.1, 0.15) is 27.2 Å². The van der Waals surface area contributed by atoms with Crippen molar-refractivity contribution in [1.82, 2.24) is 10.6 Å². The molecule has 1 atom stereocenters. The molecule has 12 heavy (non-hydrogen) atoms. The monoisotopic (exact) mass is 176 g/mol. The molecule has 0 aliphatic carbocycles. The number of rotatable bonds is 5. The van der Waals surface area contributed by atoms with E-state index in [1.165, 1.54) is 0 Å². The van der Waals surface area contributed by atoms with E-state index in [0.29, 0.717) is 13.0 Å². The van der Waals surface area contributed by atoms with Crippen LogP contribution in [-0.4, -0.2) is 31.8 Å². The predicted octanol–water partition coefficient (Wildman–Crippen LogP) is 1.32. The Morgan fingerprint density at radius 2 is 1.92 bits per heavy atom. The minimum Gasteiger partial charge on any atom is -0.320 e. The highest BCUT2D eigenvalue weighted by molar-refractivity contribution is 4.73. The third kappa shape index (κ3) is 7.95. The molecule has 0 bridgehead atoms. The maximum atomic E-state index is 13.0. The quantitative estimate of drug-likeness (QED) is 0.660. The summed E-state index contributed by atoms with van der Waals surface area (Å²) in [7, 11) is 1.84. The predicted molar refractivity (Wildman–Crippen MR) is 51.2 cm³/mol. The molecule has 3 heteroatoms. The molecule has 0 aromatic carbocycles. The summed E-state index contributed by atoms with van der Waals surface area (Å²) in [6.07, 6.45) is -0.156. The van der Waals surface area contributed by atoms with Crippen molar-refractivity contribution in [2.24, 2.45) is 0 Å². The Kier molecular flexibility index (Phi) is 5.42. The van der Waals surface area contributed by atoms with E-state index < -0.39 is 6.17 Å². The number of halogens is 1. The normalized spacial score (nSPS) is 14.8. The zero-order valence-electron chi connectivity index (χ0n) is 8.58. The van der Waals surface area contributed by atoms with E-state index in [1.54, 1.807) is 0 Å². The van der Waals surface area contributed by atoms with Crippen LogP contribution in [0.4, 0.5) is 4.39 Å². The Morgan fingerprint density at radius 3 is 2.33 bits per heavy atom. The summed E-state index contributed by atoms with van der Waals surface area (Å²) in [6.45, 7) is 7.31. The van der Waals surface area contributed by atoms with Crippen LogP contribution in [0.2, 0.25) is 0 Å². The van der Waals surface area contributed by atoms with Gasteiger partial charge in [-0.25, -0.2) is 4.39 Å². The summed E-state index contributed by atoms with van der Waals surface area (Å²) in [4.78, 5) is 0. The molecule has 0 aromatic heterocycles. The summed E-state index contributed by atoms with van der Waals surface area (Å²) in [5.41, 5.74) is 0.0178. The standard InChI is InChI=1S/C9H21FN2/c1-9(2,3)12-7-8(10)5-6-11-4/h8,11-12H,5-7H2,1-4H3/t8-/m1/s1.